The topological polar surface area (TPSA) is 125 Å². The van der Waals surface area contributed by atoms with Crippen molar-refractivity contribution in [2.24, 2.45) is 5.10 Å². The molecule has 1 N–H and O–H groups in total. The predicted octanol–water partition coefficient (Wildman–Crippen LogP) is 5.71. The molecule has 0 saturated heterocycles. The SMILES string of the molecule is CCOc1cc(C=Nn2c(-c3cc4c(OC)cccc4o3)nc3ccccc3c2=O)cc(Br)c1O[C@@H](C)C(=O)O. The van der Waals surface area contributed by atoms with Crippen LogP contribution >= 0.6 is 15.9 Å². The largest absolute Gasteiger partial charge is 0.496 e. The second kappa shape index (κ2) is 11.2. The first-order chi connectivity index (χ1) is 19.3. The fraction of sp³-hybridized carbons (Fsp3) is 0.172. The van der Waals surface area contributed by atoms with Gasteiger partial charge in [0, 0.05) is 0 Å². The molecule has 0 aliphatic rings. The Bertz CT molecular complexity index is 1830. The van der Waals surface area contributed by atoms with Crippen molar-refractivity contribution in [1.29, 1.82) is 0 Å². The maximum absolute atomic E-state index is 13.6. The third kappa shape index (κ3) is 5.15. The van der Waals surface area contributed by atoms with E-state index in [1.807, 2.05) is 12.1 Å². The number of methoxy groups -OCH3 is 1. The molecule has 0 aliphatic heterocycles. The first kappa shape index (κ1) is 26.9. The minimum atomic E-state index is -1.11. The Morgan fingerprint density at radius 1 is 1.15 bits per heavy atom. The van der Waals surface area contributed by atoms with Crippen molar-refractivity contribution >= 4 is 50.0 Å². The highest BCUT2D eigenvalue weighted by Crippen LogP contribution is 2.37. The standard InChI is InChI=1S/C29H24BrN3O7/c1-4-38-24-13-17(12-20(30)26(24)39-16(2)29(35)36)15-31-33-27(32-21-9-6-5-8-18(21)28(33)34)25-14-19-22(37-3)10-7-11-23(19)40-25/h5-16H,4H2,1-3H3,(H,35,36)/t16-/m0/s1. The van der Waals surface area contributed by atoms with Crippen molar-refractivity contribution in [1.82, 2.24) is 9.66 Å². The Morgan fingerprint density at radius 2 is 1.95 bits per heavy atom. The fourth-order valence-electron chi connectivity index (χ4n) is 4.10. The van der Waals surface area contributed by atoms with E-state index in [2.05, 4.69) is 21.0 Å². The van der Waals surface area contributed by atoms with Crippen molar-refractivity contribution in [3.63, 3.8) is 0 Å². The van der Waals surface area contributed by atoms with Crippen LogP contribution in [0.25, 0.3) is 33.5 Å². The van der Waals surface area contributed by atoms with Gasteiger partial charge in [-0.2, -0.15) is 9.78 Å². The van der Waals surface area contributed by atoms with E-state index in [9.17, 15) is 14.7 Å². The Morgan fingerprint density at radius 3 is 2.70 bits per heavy atom. The van der Waals surface area contributed by atoms with E-state index in [-0.39, 0.29) is 17.1 Å². The average Bonchev–Trinajstić information content (AvgIpc) is 3.39. The van der Waals surface area contributed by atoms with Crippen molar-refractivity contribution in [2.45, 2.75) is 20.0 Å². The molecule has 204 valence electrons. The summed E-state index contributed by atoms with van der Waals surface area (Å²) in [6.07, 6.45) is 0.379. The Labute approximate surface area is 236 Å². The minimum absolute atomic E-state index is 0.206. The van der Waals surface area contributed by atoms with Gasteiger partial charge in [-0.1, -0.05) is 18.2 Å². The predicted molar refractivity (Wildman–Crippen MR) is 154 cm³/mol. The molecular weight excluding hydrogens is 582 g/mol. The van der Waals surface area contributed by atoms with Crippen LogP contribution in [0, 0.1) is 0 Å². The molecule has 1 atom stereocenters. The van der Waals surface area contributed by atoms with Gasteiger partial charge in [-0.3, -0.25) is 4.79 Å². The quantitative estimate of drug-likeness (QED) is 0.212. The van der Waals surface area contributed by atoms with Crippen LogP contribution in [0.4, 0.5) is 0 Å². The van der Waals surface area contributed by atoms with Gasteiger partial charge in [0.2, 0.25) is 5.82 Å². The highest BCUT2D eigenvalue weighted by Gasteiger charge is 2.20. The van der Waals surface area contributed by atoms with E-state index in [1.165, 1.54) is 17.8 Å². The second-order valence-electron chi connectivity index (χ2n) is 8.66. The number of hydrogen-bond acceptors (Lipinski definition) is 8. The lowest BCUT2D eigenvalue weighted by Gasteiger charge is -2.17. The highest BCUT2D eigenvalue weighted by atomic mass is 79.9. The number of hydrogen-bond donors (Lipinski definition) is 1. The number of fused-ring (bicyclic) bond motifs is 2. The molecule has 0 fully saturated rings. The van der Waals surface area contributed by atoms with Gasteiger partial charge in [0.15, 0.2) is 23.4 Å². The number of benzene rings is 3. The number of carboxylic acids is 1. The summed E-state index contributed by atoms with van der Waals surface area (Å²) < 4.78 is 24.5. The summed E-state index contributed by atoms with van der Waals surface area (Å²) >= 11 is 3.44. The molecule has 0 unspecified atom stereocenters. The molecule has 5 aromatic rings. The average molecular weight is 606 g/mol. The molecule has 0 spiro atoms. The van der Waals surface area contributed by atoms with E-state index in [0.29, 0.717) is 50.4 Å². The van der Waals surface area contributed by atoms with Crippen molar-refractivity contribution in [3.05, 3.63) is 81.1 Å². The number of carbonyl (C=O) groups is 1. The number of rotatable bonds is 9. The molecule has 10 nitrogen and oxygen atoms in total. The third-order valence-electron chi connectivity index (χ3n) is 6.01. The molecule has 5 rings (SSSR count). The Hall–Kier alpha value is -4.64. The number of nitrogens with zero attached hydrogens (tertiary/aromatic N) is 3. The van der Waals surface area contributed by atoms with Gasteiger partial charge < -0.3 is 23.7 Å². The van der Waals surface area contributed by atoms with Crippen LogP contribution in [-0.4, -0.2) is 46.8 Å². The molecule has 40 heavy (non-hydrogen) atoms. The number of halogens is 1. The molecule has 3 aromatic carbocycles. The molecular formula is C29H24BrN3O7. The van der Waals surface area contributed by atoms with Gasteiger partial charge >= 0.3 is 5.97 Å². The maximum atomic E-state index is 13.6. The number of ether oxygens (including phenoxy) is 3. The first-order valence-electron chi connectivity index (χ1n) is 12.3. The zero-order valence-electron chi connectivity index (χ0n) is 21.8. The normalized spacial score (nSPS) is 12.2. The van der Waals surface area contributed by atoms with E-state index < -0.39 is 12.1 Å². The number of aromatic nitrogens is 2. The molecule has 2 aromatic heterocycles. The maximum Gasteiger partial charge on any atom is 0.344 e. The summed E-state index contributed by atoms with van der Waals surface area (Å²) in [6.45, 7) is 3.54. The summed E-state index contributed by atoms with van der Waals surface area (Å²) in [5, 5.41) is 14.9. The van der Waals surface area contributed by atoms with Gasteiger partial charge in [-0.05, 0) is 77.8 Å². The van der Waals surface area contributed by atoms with Crippen molar-refractivity contribution in [3.8, 4) is 28.8 Å². The lowest BCUT2D eigenvalue weighted by molar-refractivity contribution is -0.144. The van der Waals surface area contributed by atoms with Gasteiger partial charge in [0.25, 0.3) is 5.56 Å². The molecule has 2 heterocycles. The second-order valence-corrected chi connectivity index (χ2v) is 9.51. The van der Waals surface area contributed by atoms with Gasteiger partial charge in [-0.15, -0.1) is 0 Å². The monoisotopic (exact) mass is 605 g/mol. The van der Waals surface area contributed by atoms with Crippen LogP contribution < -0.4 is 19.8 Å². The number of aliphatic carboxylic acids is 1. The summed E-state index contributed by atoms with van der Waals surface area (Å²) in [7, 11) is 1.57. The zero-order valence-corrected chi connectivity index (χ0v) is 23.3. The van der Waals surface area contributed by atoms with Crippen LogP contribution in [0.3, 0.4) is 0 Å². The van der Waals surface area contributed by atoms with Crippen molar-refractivity contribution in [2.75, 3.05) is 13.7 Å². The summed E-state index contributed by atoms with van der Waals surface area (Å²) in [4.78, 5) is 29.6. The Kier molecular flexibility index (Phi) is 7.56. The van der Waals surface area contributed by atoms with Crippen molar-refractivity contribution < 1.29 is 28.5 Å². The summed E-state index contributed by atoms with van der Waals surface area (Å²) in [5.74, 6) is 0.618. The first-order valence-corrected chi connectivity index (χ1v) is 13.1. The van der Waals surface area contributed by atoms with Gasteiger partial charge in [-0.25, -0.2) is 9.78 Å². The third-order valence-corrected chi connectivity index (χ3v) is 6.60. The van der Waals surface area contributed by atoms with E-state index in [0.717, 1.165) is 5.39 Å². The molecule has 0 bridgehead atoms. The number of carboxylic acid groups (broad SMARTS) is 1. The summed E-state index contributed by atoms with van der Waals surface area (Å²) in [6, 6.07) is 17.5. The molecule has 0 radical (unpaired) electrons. The van der Waals surface area contributed by atoms with Gasteiger partial charge in [0.05, 0.1) is 40.7 Å². The minimum Gasteiger partial charge on any atom is -0.496 e. The molecule has 11 heteroatoms. The zero-order chi connectivity index (χ0) is 28.4. The van der Waals surface area contributed by atoms with E-state index in [1.54, 1.807) is 62.6 Å². The van der Waals surface area contributed by atoms with E-state index in [4.69, 9.17) is 23.6 Å². The van der Waals surface area contributed by atoms with E-state index >= 15 is 0 Å². The lowest BCUT2D eigenvalue weighted by Crippen LogP contribution is -2.23. The molecule has 0 amide bonds. The number of furan rings is 1. The highest BCUT2D eigenvalue weighted by molar-refractivity contribution is 9.10. The smallest absolute Gasteiger partial charge is 0.344 e. The van der Waals surface area contributed by atoms with Crippen LogP contribution in [-0.2, 0) is 4.79 Å². The van der Waals surface area contributed by atoms with Crippen LogP contribution in [0.5, 0.6) is 17.2 Å². The van der Waals surface area contributed by atoms with Gasteiger partial charge in [0.1, 0.15) is 11.3 Å². The Balaban J connectivity index is 1.64. The molecule has 0 aliphatic carbocycles. The van der Waals surface area contributed by atoms with Crippen LogP contribution in [0.2, 0.25) is 0 Å². The molecule has 0 saturated carbocycles. The lowest BCUT2D eigenvalue weighted by atomic mass is 10.2. The summed E-state index contributed by atoms with van der Waals surface area (Å²) in [5.41, 5.74) is 1.24. The number of para-hydroxylation sites is 1. The van der Waals surface area contributed by atoms with Crippen LogP contribution in [0.15, 0.2) is 79.4 Å². The van der Waals surface area contributed by atoms with Crippen LogP contribution in [0.1, 0.15) is 19.4 Å². The fourth-order valence-corrected chi connectivity index (χ4v) is 4.66.